The third-order valence-electron chi connectivity index (χ3n) is 4.46. The first-order chi connectivity index (χ1) is 12.9. The molecule has 1 aliphatic heterocycles. The smallest absolute Gasteiger partial charge is 0.407 e. The molecule has 2 aromatic rings. The summed E-state index contributed by atoms with van der Waals surface area (Å²) in [5, 5.41) is 23.7. The molecule has 0 unspecified atom stereocenters. The van der Waals surface area contributed by atoms with Crippen LogP contribution in [0.3, 0.4) is 0 Å². The first-order valence-electron chi connectivity index (χ1n) is 8.45. The Hall–Kier alpha value is -3.43. The topological polar surface area (TPSA) is 125 Å². The van der Waals surface area contributed by atoms with Crippen LogP contribution in [0.1, 0.15) is 13.8 Å². The molecule has 0 aromatic carbocycles. The summed E-state index contributed by atoms with van der Waals surface area (Å²) in [6.07, 6.45) is 2.20. The number of anilines is 3. The number of nitro groups is 1. The minimum atomic E-state index is -0.952. The zero-order valence-corrected chi connectivity index (χ0v) is 14.9. The molecule has 142 valence electrons. The Morgan fingerprint density at radius 3 is 2.41 bits per heavy atom. The van der Waals surface area contributed by atoms with Gasteiger partial charge in [-0.3, -0.25) is 20.0 Å². The summed E-state index contributed by atoms with van der Waals surface area (Å²) in [6.45, 7) is 4.57. The fourth-order valence-electron chi connectivity index (χ4n) is 3.32. The van der Waals surface area contributed by atoms with Crippen molar-refractivity contribution in [3.8, 4) is 0 Å². The number of rotatable bonds is 4. The van der Waals surface area contributed by atoms with Gasteiger partial charge in [-0.1, -0.05) is 0 Å². The van der Waals surface area contributed by atoms with E-state index in [4.69, 9.17) is 0 Å². The van der Waals surface area contributed by atoms with Crippen LogP contribution < -0.4 is 10.2 Å². The predicted molar refractivity (Wildman–Crippen MR) is 99.4 cm³/mol. The van der Waals surface area contributed by atoms with E-state index in [2.05, 4.69) is 15.3 Å². The van der Waals surface area contributed by atoms with Gasteiger partial charge in [0.2, 0.25) is 5.82 Å². The average Bonchev–Trinajstić information content (AvgIpc) is 2.61. The highest BCUT2D eigenvalue weighted by molar-refractivity contribution is 5.69. The van der Waals surface area contributed by atoms with E-state index in [9.17, 15) is 20.0 Å². The standard InChI is InChI=1S/C17H20N6O4/c1-11-9-21(10-12(2)22(11)17(24)25)15-4-3-14(23(26)27)16(20-15)19-13-5-7-18-8-6-13/h3-8,11-12H,9-10H2,1-2H3,(H,24,25)(H,18,19,20)/t11-,12+. The zero-order chi connectivity index (χ0) is 19.6. The molecule has 1 amide bonds. The molecule has 1 saturated heterocycles. The number of hydrogen-bond acceptors (Lipinski definition) is 7. The summed E-state index contributed by atoms with van der Waals surface area (Å²) in [4.78, 5) is 34.0. The van der Waals surface area contributed by atoms with Gasteiger partial charge in [-0.15, -0.1) is 0 Å². The van der Waals surface area contributed by atoms with Gasteiger partial charge < -0.3 is 15.3 Å². The Bertz CT molecular complexity index is 835. The second-order valence-electron chi connectivity index (χ2n) is 6.45. The van der Waals surface area contributed by atoms with Crippen molar-refractivity contribution in [2.45, 2.75) is 25.9 Å². The van der Waals surface area contributed by atoms with Gasteiger partial charge in [-0.2, -0.15) is 0 Å². The van der Waals surface area contributed by atoms with Crippen molar-refractivity contribution in [1.82, 2.24) is 14.9 Å². The van der Waals surface area contributed by atoms with Gasteiger partial charge in [0.1, 0.15) is 5.82 Å². The van der Waals surface area contributed by atoms with Gasteiger partial charge in [-0.05, 0) is 32.0 Å². The van der Waals surface area contributed by atoms with Crippen LogP contribution in [0.25, 0.3) is 0 Å². The fraction of sp³-hybridized carbons (Fsp3) is 0.353. The lowest BCUT2D eigenvalue weighted by Crippen LogP contribution is -2.58. The van der Waals surface area contributed by atoms with E-state index in [-0.39, 0.29) is 23.6 Å². The van der Waals surface area contributed by atoms with E-state index in [1.165, 1.54) is 11.0 Å². The molecule has 0 spiro atoms. The predicted octanol–water partition coefficient (Wildman–Crippen LogP) is 2.71. The molecule has 10 nitrogen and oxygen atoms in total. The molecule has 3 heterocycles. The summed E-state index contributed by atoms with van der Waals surface area (Å²) in [5.41, 5.74) is 0.496. The second kappa shape index (κ2) is 7.44. The highest BCUT2D eigenvalue weighted by Crippen LogP contribution is 2.30. The molecule has 0 saturated carbocycles. The van der Waals surface area contributed by atoms with Crippen LogP contribution in [0, 0.1) is 10.1 Å². The maximum Gasteiger partial charge on any atom is 0.407 e. The molecule has 2 aromatic heterocycles. The Kier molecular flexibility index (Phi) is 5.06. The van der Waals surface area contributed by atoms with Gasteiger partial charge in [-0.25, -0.2) is 9.78 Å². The maximum absolute atomic E-state index is 11.4. The maximum atomic E-state index is 11.4. The summed E-state index contributed by atoms with van der Waals surface area (Å²) >= 11 is 0. The Labute approximate surface area is 155 Å². The summed E-state index contributed by atoms with van der Waals surface area (Å²) < 4.78 is 0. The minimum Gasteiger partial charge on any atom is -0.465 e. The Morgan fingerprint density at radius 2 is 1.85 bits per heavy atom. The van der Waals surface area contributed by atoms with Gasteiger partial charge in [0.25, 0.3) is 0 Å². The van der Waals surface area contributed by atoms with Gasteiger partial charge in [0, 0.05) is 37.2 Å². The van der Waals surface area contributed by atoms with Crippen molar-refractivity contribution in [2.75, 3.05) is 23.3 Å². The molecular weight excluding hydrogens is 352 g/mol. The molecule has 1 aliphatic rings. The molecule has 2 atom stereocenters. The van der Waals surface area contributed by atoms with E-state index in [1.807, 2.05) is 18.7 Å². The van der Waals surface area contributed by atoms with E-state index in [1.54, 1.807) is 30.6 Å². The van der Waals surface area contributed by atoms with E-state index in [0.717, 1.165) is 0 Å². The summed E-state index contributed by atoms with van der Waals surface area (Å²) in [7, 11) is 0. The van der Waals surface area contributed by atoms with Crippen LogP contribution in [0.15, 0.2) is 36.7 Å². The lowest BCUT2D eigenvalue weighted by atomic mass is 10.1. The van der Waals surface area contributed by atoms with E-state index >= 15 is 0 Å². The lowest BCUT2D eigenvalue weighted by molar-refractivity contribution is -0.384. The molecule has 1 fully saturated rings. The van der Waals surface area contributed by atoms with Crippen molar-refractivity contribution in [3.63, 3.8) is 0 Å². The van der Waals surface area contributed by atoms with Crippen LogP contribution in [-0.2, 0) is 0 Å². The number of carbonyl (C=O) groups is 1. The third kappa shape index (κ3) is 3.89. The van der Waals surface area contributed by atoms with Crippen LogP contribution in [0.5, 0.6) is 0 Å². The van der Waals surface area contributed by atoms with Crippen molar-refractivity contribution in [2.24, 2.45) is 0 Å². The van der Waals surface area contributed by atoms with Crippen molar-refractivity contribution >= 4 is 29.1 Å². The summed E-state index contributed by atoms with van der Waals surface area (Å²) in [6, 6.07) is 5.93. The average molecular weight is 372 g/mol. The number of nitrogens with zero attached hydrogens (tertiary/aromatic N) is 5. The van der Waals surface area contributed by atoms with E-state index < -0.39 is 11.0 Å². The number of hydrogen-bond donors (Lipinski definition) is 2. The molecule has 3 rings (SSSR count). The molecule has 2 N–H and O–H groups in total. The third-order valence-corrected chi connectivity index (χ3v) is 4.46. The highest BCUT2D eigenvalue weighted by atomic mass is 16.6. The highest BCUT2D eigenvalue weighted by Gasteiger charge is 2.33. The second-order valence-corrected chi connectivity index (χ2v) is 6.45. The first-order valence-corrected chi connectivity index (χ1v) is 8.45. The molecular formula is C17H20N6O4. The largest absolute Gasteiger partial charge is 0.465 e. The molecule has 27 heavy (non-hydrogen) atoms. The van der Waals surface area contributed by atoms with Crippen molar-refractivity contribution in [3.05, 3.63) is 46.8 Å². The number of piperazine rings is 1. The number of nitrogens with one attached hydrogen (secondary N) is 1. The summed E-state index contributed by atoms with van der Waals surface area (Å²) in [5.74, 6) is 0.686. The number of aromatic nitrogens is 2. The molecule has 0 radical (unpaired) electrons. The van der Waals surface area contributed by atoms with Crippen LogP contribution in [0.2, 0.25) is 0 Å². The fourth-order valence-corrected chi connectivity index (χ4v) is 3.32. The van der Waals surface area contributed by atoms with Crippen molar-refractivity contribution < 1.29 is 14.8 Å². The van der Waals surface area contributed by atoms with Crippen LogP contribution in [0.4, 0.5) is 27.8 Å². The molecule has 0 aliphatic carbocycles. The first kappa shape index (κ1) is 18.4. The number of pyridine rings is 2. The van der Waals surface area contributed by atoms with E-state index in [0.29, 0.717) is 24.6 Å². The molecule has 0 bridgehead atoms. The van der Waals surface area contributed by atoms with Crippen molar-refractivity contribution in [1.29, 1.82) is 0 Å². The Morgan fingerprint density at radius 1 is 1.22 bits per heavy atom. The quantitative estimate of drug-likeness (QED) is 0.620. The van der Waals surface area contributed by atoms with Gasteiger partial charge in [0.15, 0.2) is 0 Å². The SMILES string of the molecule is C[C@@H]1CN(c2ccc([N+](=O)[O-])c(Nc3ccncc3)n2)C[C@H](C)N1C(=O)O. The monoisotopic (exact) mass is 372 g/mol. The Balaban J connectivity index is 1.89. The minimum absolute atomic E-state index is 0.129. The van der Waals surface area contributed by atoms with Crippen LogP contribution in [-0.4, -0.2) is 56.2 Å². The van der Waals surface area contributed by atoms with Crippen LogP contribution >= 0.6 is 0 Å². The number of amides is 1. The van der Waals surface area contributed by atoms with Gasteiger partial charge in [0.05, 0.1) is 17.0 Å². The number of carboxylic acid groups (broad SMARTS) is 1. The lowest BCUT2D eigenvalue weighted by Gasteiger charge is -2.43. The normalized spacial score (nSPS) is 19.6. The molecule has 10 heteroatoms. The van der Waals surface area contributed by atoms with Gasteiger partial charge >= 0.3 is 11.8 Å². The zero-order valence-electron chi connectivity index (χ0n) is 14.9.